The van der Waals surface area contributed by atoms with Crippen molar-refractivity contribution in [3.63, 3.8) is 0 Å². The van der Waals surface area contributed by atoms with Gasteiger partial charge in [-0.2, -0.15) is 0 Å². The molecule has 2 aromatic carbocycles. The summed E-state index contributed by atoms with van der Waals surface area (Å²) in [6, 6.07) is 14.2. The third-order valence-corrected chi connectivity index (χ3v) is 5.89. The van der Waals surface area contributed by atoms with Gasteiger partial charge in [0.2, 0.25) is 5.91 Å². The average molecular weight is 458 g/mol. The van der Waals surface area contributed by atoms with Gasteiger partial charge >= 0.3 is 0 Å². The minimum atomic E-state index is -0.270. The molecule has 162 valence electrons. The van der Waals surface area contributed by atoms with Crippen LogP contribution >= 0.6 is 23.4 Å². The van der Waals surface area contributed by atoms with Crippen LogP contribution in [0.4, 0.5) is 5.69 Å². The lowest BCUT2D eigenvalue weighted by Gasteiger charge is -2.08. The molecule has 0 bridgehead atoms. The number of benzene rings is 2. The largest absolute Gasteiger partial charge is 0.355 e. The summed E-state index contributed by atoms with van der Waals surface area (Å²) in [5, 5.41) is 15.2. The molecule has 0 radical (unpaired) electrons. The lowest BCUT2D eigenvalue weighted by Crippen LogP contribution is -2.26. The van der Waals surface area contributed by atoms with E-state index in [2.05, 4.69) is 27.8 Å². The molecule has 0 atom stereocenters. The lowest BCUT2D eigenvalue weighted by atomic mass is 10.1. The summed E-state index contributed by atoms with van der Waals surface area (Å²) in [4.78, 5) is 24.3. The number of amides is 2. The van der Waals surface area contributed by atoms with Crippen molar-refractivity contribution in [2.24, 2.45) is 7.05 Å². The molecule has 1 heterocycles. The molecule has 0 unspecified atom stereocenters. The van der Waals surface area contributed by atoms with Crippen molar-refractivity contribution in [1.82, 2.24) is 20.1 Å². The van der Waals surface area contributed by atoms with Gasteiger partial charge in [0.15, 0.2) is 11.0 Å². The van der Waals surface area contributed by atoms with E-state index in [-0.39, 0.29) is 11.8 Å². The maximum atomic E-state index is 12.4. The van der Waals surface area contributed by atoms with Crippen LogP contribution in [0.15, 0.2) is 53.7 Å². The van der Waals surface area contributed by atoms with E-state index >= 15 is 0 Å². The van der Waals surface area contributed by atoms with Crippen LogP contribution in [-0.4, -0.2) is 38.9 Å². The summed E-state index contributed by atoms with van der Waals surface area (Å²) in [6.07, 6.45) is 2.02. The molecule has 9 heteroatoms. The molecular formula is C22H24ClN5O2S. The van der Waals surface area contributed by atoms with Crippen molar-refractivity contribution in [3.8, 4) is 11.4 Å². The highest BCUT2D eigenvalue weighted by atomic mass is 35.5. The van der Waals surface area contributed by atoms with Gasteiger partial charge in [0.1, 0.15) is 0 Å². The molecule has 0 aliphatic heterocycles. The van der Waals surface area contributed by atoms with Gasteiger partial charge in [-0.15, -0.1) is 10.2 Å². The number of unbranched alkanes of at least 4 members (excludes halogenated alkanes) is 1. The second-order valence-corrected chi connectivity index (χ2v) is 8.22. The van der Waals surface area contributed by atoms with E-state index < -0.39 is 0 Å². The molecule has 2 amide bonds. The number of nitrogens with one attached hydrogen (secondary N) is 2. The predicted molar refractivity (Wildman–Crippen MR) is 124 cm³/mol. The molecule has 0 saturated heterocycles. The van der Waals surface area contributed by atoms with Crippen LogP contribution in [0.3, 0.4) is 0 Å². The van der Waals surface area contributed by atoms with Crippen LogP contribution in [-0.2, 0) is 11.8 Å². The number of hydrogen-bond acceptors (Lipinski definition) is 5. The fourth-order valence-electron chi connectivity index (χ4n) is 2.82. The number of nitrogens with zero attached hydrogens (tertiary/aromatic N) is 3. The SMILES string of the molecule is CCCCNC(=O)CSc1nnc(-c2ccc(NC(=O)c3ccccc3Cl)cc2)n1C. The van der Waals surface area contributed by atoms with Gasteiger partial charge in [-0.1, -0.05) is 48.8 Å². The Balaban J connectivity index is 1.62. The van der Waals surface area contributed by atoms with Gasteiger partial charge < -0.3 is 15.2 Å². The first-order valence-corrected chi connectivity index (χ1v) is 11.3. The van der Waals surface area contributed by atoms with Crippen LogP contribution < -0.4 is 10.6 Å². The summed E-state index contributed by atoms with van der Waals surface area (Å²) in [5.74, 6) is 0.690. The number of rotatable bonds is 9. The quantitative estimate of drug-likeness (QED) is 0.367. The van der Waals surface area contributed by atoms with E-state index in [1.165, 1.54) is 11.8 Å². The summed E-state index contributed by atoms with van der Waals surface area (Å²) < 4.78 is 1.85. The Morgan fingerprint density at radius 3 is 2.55 bits per heavy atom. The Labute approximate surface area is 190 Å². The lowest BCUT2D eigenvalue weighted by molar-refractivity contribution is -0.118. The van der Waals surface area contributed by atoms with Crippen LogP contribution in [0.5, 0.6) is 0 Å². The Hall–Kier alpha value is -2.84. The Bertz CT molecular complexity index is 1050. The number of aromatic nitrogens is 3. The number of carbonyl (C=O) groups is 2. The molecule has 2 N–H and O–H groups in total. The zero-order chi connectivity index (χ0) is 22.2. The Morgan fingerprint density at radius 1 is 1.10 bits per heavy atom. The summed E-state index contributed by atoms with van der Waals surface area (Å²) in [6.45, 7) is 2.78. The fraction of sp³-hybridized carbons (Fsp3) is 0.273. The normalized spacial score (nSPS) is 10.7. The zero-order valence-electron chi connectivity index (χ0n) is 17.4. The van der Waals surface area contributed by atoms with Crippen LogP contribution in [0.2, 0.25) is 5.02 Å². The number of carbonyl (C=O) groups excluding carboxylic acids is 2. The van der Waals surface area contributed by atoms with Crippen molar-refractivity contribution in [1.29, 1.82) is 0 Å². The van der Waals surface area contributed by atoms with Crippen molar-refractivity contribution in [2.45, 2.75) is 24.9 Å². The van der Waals surface area contributed by atoms with Crippen molar-refractivity contribution >= 4 is 40.9 Å². The molecule has 7 nitrogen and oxygen atoms in total. The van der Waals surface area contributed by atoms with E-state index in [0.29, 0.717) is 39.6 Å². The number of anilines is 1. The fourth-order valence-corrected chi connectivity index (χ4v) is 3.79. The van der Waals surface area contributed by atoms with E-state index in [1.54, 1.807) is 36.4 Å². The van der Waals surface area contributed by atoms with Crippen molar-refractivity contribution < 1.29 is 9.59 Å². The minimum absolute atomic E-state index is 0.0124. The van der Waals surface area contributed by atoms with E-state index in [1.807, 2.05) is 23.7 Å². The van der Waals surface area contributed by atoms with Gasteiger partial charge in [0.05, 0.1) is 16.3 Å². The third kappa shape index (κ3) is 6.08. The van der Waals surface area contributed by atoms with Gasteiger partial charge in [0.25, 0.3) is 5.91 Å². The summed E-state index contributed by atoms with van der Waals surface area (Å²) in [7, 11) is 1.86. The van der Waals surface area contributed by atoms with Crippen LogP contribution in [0, 0.1) is 0 Å². The maximum absolute atomic E-state index is 12.4. The first kappa shape index (κ1) is 22.8. The van der Waals surface area contributed by atoms with E-state index in [4.69, 9.17) is 11.6 Å². The summed E-state index contributed by atoms with van der Waals surface area (Å²) in [5.41, 5.74) is 1.92. The molecule has 0 spiro atoms. The molecule has 0 aliphatic rings. The van der Waals surface area contributed by atoms with Gasteiger partial charge in [0, 0.05) is 24.8 Å². The molecule has 3 rings (SSSR count). The van der Waals surface area contributed by atoms with E-state index in [0.717, 1.165) is 18.4 Å². The van der Waals surface area contributed by atoms with Crippen LogP contribution in [0.25, 0.3) is 11.4 Å². The minimum Gasteiger partial charge on any atom is -0.355 e. The molecule has 31 heavy (non-hydrogen) atoms. The molecule has 0 saturated carbocycles. The standard InChI is InChI=1S/C22H24ClN5O2S/c1-3-4-13-24-19(29)14-31-22-27-26-20(28(22)2)15-9-11-16(12-10-15)25-21(30)17-7-5-6-8-18(17)23/h5-12H,3-4,13-14H2,1-2H3,(H,24,29)(H,25,30). The number of halogens is 1. The number of thioether (sulfide) groups is 1. The molecule has 3 aromatic rings. The van der Waals surface area contributed by atoms with Crippen molar-refractivity contribution in [3.05, 3.63) is 59.1 Å². The molecule has 0 fully saturated rings. The average Bonchev–Trinajstić information content (AvgIpc) is 3.13. The zero-order valence-corrected chi connectivity index (χ0v) is 19.0. The highest BCUT2D eigenvalue weighted by Gasteiger charge is 2.14. The smallest absolute Gasteiger partial charge is 0.257 e. The Kier molecular flexibility index (Phi) is 8.08. The first-order chi connectivity index (χ1) is 15.0. The monoisotopic (exact) mass is 457 g/mol. The maximum Gasteiger partial charge on any atom is 0.257 e. The topological polar surface area (TPSA) is 88.9 Å². The predicted octanol–water partition coefficient (Wildman–Crippen LogP) is 4.40. The molecular weight excluding hydrogens is 434 g/mol. The summed E-state index contributed by atoms with van der Waals surface area (Å²) >= 11 is 7.43. The first-order valence-electron chi connectivity index (χ1n) is 9.94. The highest BCUT2D eigenvalue weighted by molar-refractivity contribution is 7.99. The molecule has 0 aliphatic carbocycles. The van der Waals surface area contributed by atoms with Crippen LogP contribution in [0.1, 0.15) is 30.1 Å². The third-order valence-electron chi connectivity index (χ3n) is 4.54. The van der Waals surface area contributed by atoms with Crippen molar-refractivity contribution in [2.75, 3.05) is 17.6 Å². The molecule has 1 aromatic heterocycles. The van der Waals surface area contributed by atoms with Gasteiger partial charge in [-0.25, -0.2) is 0 Å². The van der Waals surface area contributed by atoms with Gasteiger partial charge in [-0.3, -0.25) is 9.59 Å². The Morgan fingerprint density at radius 2 is 1.84 bits per heavy atom. The van der Waals surface area contributed by atoms with E-state index in [9.17, 15) is 9.59 Å². The van der Waals surface area contributed by atoms with Gasteiger partial charge in [-0.05, 0) is 42.8 Å². The second kappa shape index (κ2) is 11.0. The highest BCUT2D eigenvalue weighted by Crippen LogP contribution is 2.24. The second-order valence-electron chi connectivity index (χ2n) is 6.87. The number of hydrogen-bond donors (Lipinski definition) is 2.